The highest BCUT2D eigenvalue weighted by Crippen LogP contribution is 2.39. The van der Waals surface area contributed by atoms with Gasteiger partial charge < -0.3 is 9.84 Å². The molecule has 0 fully saturated rings. The minimum Gasteiger partial charge on any atom is -0.508 e. The van der Waals surface area contributed by atoms with Crippen molar-refractivity contribution in [3.63, 3.8) is 0 Å². The Labute approximate surface area is 84.3 Å². The van der Waals surface area contributed by atoms with Crippen molar-refractivity contribution in [2.75, 3.05) is 7.11 Å². The first-order valence-corrected chi connectivity index (χ1v) is 4.92. The fourth-order valence-corrected chi connectivity index (χ4v) is 2.55. The number of ether oxygens (including phenoxy) is 1. The van der Waals surface area contributed by atoms with Crippen LogP contribution in [0.4, 0.5) is 0 Å². The fraction of sp³-hybridized carbons (Fsp3) is 0.111. The maximum absolute atomic E-state index is 9.27. The van der Waals surface area contributed by atoms with Crippen LogP contribution in [-0.4, -0.2) is 12.2 Å². The highest BCUT2D eigenvalue weighted by molar-refractivity contribution is 7.17. The van der Waals surface area contributed by atoms with E-state index < -0.39 is 0 Å². The van der Waals surface area contributed by atoms with Crippen molar-refractivity contribution in [1.29, 1.82) is 0 Å². The van der Waals surface area contributed by atoms with Gasteiger partial charge in [-0.2, -0.15) is 0 Å². The minimum absolute atomic E-state index is 0.182. The summed E-state index contributed by atoms with van der Waals surface area (Å²) in [6, 6.07) is 3.19. The third-order valence-electron chi connectivity index (χ3n) is 1.80. The first-order valence-electron chi connectivity index (χ1n) is 3.66. The molecule has 13 heavy (non-hydrogen) atoms. The van der Waals surface area contributed by atoms with E-state index in [0.717, 1.165) is 15.8 Å². The lowest BCUT2D eigenvalue weighted by Crippen LogP contribution is -1.79. The second-order valence-electron chi connectivity index (χ2n) is 2.60. The number of rotatable bonds is 1. The lowest BCUT2D eigenvalue weighted by atomic mass is 10.2. The van der Waals surface area contributed by atoms with Crippen molar-refractivity contribution >= 4 is 33.0 Å². The van der Waals surface area contributed by atoms with Crippen LogP contribution in [0.1, 0.15) is 0 Å². The van der Waals surface area contributed by atoms with Crippen molar-refractivity contribution in [1.82, 2.24) is 0 Å². The number of phenolic OH excluding ortho intramolecular Hbond substituents is 1. The van der Waals surface area contributed by atoms with Crippen molar-refractivity contribution < 1.29 is 9.84 Å². The number of halogens is 1. The number of hydrogen-bond acceptors (Lipinski definition) is 3. The number of fused-ring (bicyclic) bond motifs is 1. The lowest BCUT2D eigenvalue weighted by Gasteiger charge is -1.99. The van der Waals surface area contributed by atoms with E-state index in [1.807, 2.05) is 5.38 Å². The minimum atomic E-state index is 0.182. The van der Waals surface area contributed by atoms with Crippen LogP contribution >= 0.6 is 22.9 Å². The van der Waals surface area contributed by atoms with Gasteiger partial charge in [0.15, 0.2) is 0 Å². The average Bonchev–Trinajstić information content (AvgIpc) is 2.47. The summed E-state index contributed by atoms with van der Waals surface area (Å²) < 4.78 is 6.06. The smallest absolute Gasteiger partial charge is 0.138 e. The number of hydrogen-bond donors (Lipinski definition) is 1. The van der Waals surface area contributed by atoms with Crippen LogP contribution in [0.15, 0.2) is 17.5 Å². The van der Waals surface area contributed by atoms with Gasteiger partial charge in [-0.1, -0.05) is 11.6 Å². The van der Waals surface area contributed by atoms with Gasteiger partial charge in [0.1, 0.15) is 11.5 Å². The summed E-state index contributed by atoms with van der Waals surface area (Å²) >= 11 is 7.45. The monoisotopic (exact) mass is 214 g/mol. The fourth-order valence-electron chi connectivity index (χ4n) is 1.23. The first-order chi connectivity index (χ1) is 6.22. The Kier molecular flexibility index (Phi) is 2.06. The summed E-state index contributed by atoms with van der Waals surface area (Å²) in [7, 11) is 1.60. The molecule has 1 aromatic carbocycles. The highest BCUT2D eigenvalue weighted by atomic mass is 35.5. The lowest BCUT2D eigenvalue weighted by molar-refractivity contribution is 0.421. The van der Waals surface area contributed by atoms with Crippen LogP contribution in [0.5, 0.6) is 11.5 Å². The molecule has 0 radical (unpaired) electrons. The molecule has 0 aliphatic heterocycles. The number of methoxy groups -OCH3 is 1. The molecule has 0 atom stereocenters. The van der Waals surface area contributed by atoms with Gasteiger partial charge >= 0.3 is 0 Å². The van der Waals surface area contributed by atoms with E-state index in [1.165, 1.54) is 17.4 Å². The maximum Gasteiger partial charge on any atom is 0.138 e. The van der Waals surface area contributed by atoms with Gasteiger partial charge in [0.2, 0.25) is 0 Å². The topological polar surface area (TPSA) is 29.5 Å². The van der Waals surface area contributed by atoms with Crippen LogP contribution in [0.25, 0.3) is 10.1 Å². The van der Waals surface area contributed by atoms with Crippen LogP contribution in [0.3, 0.4) is 0 Å². The van der Waals surface area contributed by atoms with Crippen molar-refractivity contribution in [3.05, 3.63) is 22.5 Å². The zero-order chi connectivity index (χ0) is 9.42. The molecular formula is C9H7ClO2S. The highest BCUT2D eigenvalue weighted by Gasteiger charge is 2.09. The van der Waals surface area contributed by atoms with E-state index in [2.05, 4.69) is 0 Å². The second kappa shape index (κ2) is 3.09. The normalized spacial score (nSPS) is 10.6. The molecule has 1 heterocycles. The number of aromatic hydroxyl groups is 1. The third kappa shape index (κ3) is 1.34. The Hall–Kier alpha value is -0.930. The van der Waals surface area contributed by atoms with E-state index in [4.69, 9.17) is 16.3 Å². The van der Waals surface area contributed by atoms with Crippen LogP contribution in [-0.2, 0) is 0 Å². The molecule has 2 nitrogen and oxygen atoms in total. The molecule has 2 aromatic rings. The second-order valence-corrected chi connectivity index (χ2v) is 3.92. The number of benzene rings is 1. The van der Waals surface area contributed by atoms with Crippen LogP contribution in [0, 0.1) is 0 Å². The summed E-state index contributed by atoms with van der Waals surface area (Å²) in [6.45, 7) is 0. The molecule has 0 saturated heterocycles. The Bertz CT molecular complexity index is 450. The van der Waals surface area contributed by atoms with Gasteiger partial charge in [-0.25, -0.2) is 0 Å². The van der Waals surface area contributed by atoms with E-state index in [-0.39, 0.29) is 5.75 Å². The van der Waals surface area contributed by atoms with Crippen molar-refractivity contribution in [2.45, 2.75) is 0 Å². The maximum atomic E-state index is 9.27. The van der Waals surface area contributed by atoms with Gasteiger partial charge in [0.05, 0.1) is 17.5 Å². The zero-order valence-corrected chi connectivity index (χ0v) is 8.45. The predicted octanol–water partition coefficient (Wildman–Crippen LogP) is 3.27. The number of thiophene rings is 1. The van der Waals surface area contributed by atoms with Gasteiger partial charge in [-0.15, -0.1) is 11.3 Å². The molecule has 68 valence electrons. The van der Waals surface area contributed by atoms with E-state index in [0.29, 0.717) is 5.02 Å². The van der Waals surface area contributed by atoms with E-state index in [1.54, 1.807) is 13.2 Å². The molecule has 0 saturated carbocycles. The van der Waals surface area contributed by atoms with Gasteiger partial charge in [-0.3, -0.25) is 0 Å². The first kappa shape index (κ1) is 8.66. The Morgan fingerprint density at radius 1 is 1.46 bits per heavy atom. The molecule has 1 aromatic heterocycles. The molecule has 0 spiro atoms. The molecule has 0 amide bonds. The Morgan fingerprint density at radius 3 is 2.92 bits per heavy atom. The summed E-state index contributed by atoms with van der Waals surface area (Å²) in [4.78, 5) is 0. The van der Waals surface area contributed by atoms with Crippen LogP contribution < -0.4 is 4.74 Å². The summed E-state index contributed by atoms with van der Waals surface area (Å²) in [6.07, 6.45) is 0. The molecule has 0 aliphatic carbocycles. The molecule has 0 aliphatic rings. The largest absolute Gasteiger partial charge is 0.508 e. The van der Waals surface area contributed by atoms with E-state index >= 15 is 0 Å². The number of phenols is 1. The Balaban J connectivity index is 2.82. The summed E-state index contributed by atoms with van der Waals surface area (Å²) in [5.41, 5.74) is 0. The summed E-state index contributed by atoms with van der Waals surface area (Å²) in [5.74, 6) is 0.937. The van der Waals surface area contributed by atoms with Crippen LogP contribution in [0.2, 0.25) is 5.02 Å². The molecule has 4 heteroatoms. The van der Waals surface area contributed by atoms with Gasteiger partial charge in [0.25, 0.3) is 0 Å². The summed E-state index contributed by atoms with van der Waals surface area (Å²) in [5, 5.41) is 12.5. The standard InChI is InChI=1S/C9H7ClO2S/c1-12-7-4-13-8-3-5(11)2-6(10)9(7)8/h2-4,11H,1H3. The molecule has 1 N–H and O–H groups in total. The zero-order valence-electron chi connectivity index (χ0n) is 6.87. The average molecular weight is 215 g/mol. The van der Waals surface area contributed by atoms with Gasteiger partial charge in [0, 0.05) is 10.1 Å². The molecule has 0 bridgehead atoms. The van der Waals surface area contributed by atoms with Crippen molar-refractivity contribution in [2.24, 2.45) is 0 Å². The van der Waals surface area contributed by atoms with Gasteiger partial charge in [-0.05, 0) is 12.1 Å². The van der Waals surface area contributed by atoms with E-state index in [9.17, 15) is 5.11 Å². The Morgan fingerprint density at radius 2 is 2.23 bits per heavy atom. The molecular weight excluding hydrogens is 208 g/mol. The molecule has 0 unspecified atom stereocenters. The molecule has 2 rings (SSSR count). The van der Waals surface area contributed by atoms with Crippen molar-refractivity contribution in [3.8, 4) is 11.5 Å². The quantitative estimate of drug-likeness (QED) is 0.790. The predicted molar refractivity (Wildman–Crippen MR) is 55.1 cm³/mol. The SMILES string of the molecule is COc1csc2cc(O)cc(Cl)c12. The third-order valence-corrected chi connectivity index (χ3v) is 3.00.